The summed E-state index contributed by atoms with van der Waals surface area (Å²) in [6.45, 7) is 4.45. The van der Waals surface area contributed by atoms with Crippen molar-refractivity contribution in [2.24, 2.45) is 5.92 Å². The van der Waals surface area contributed by atoms with Crippen molar-refractivity contribution < 1.29 is 0 Å². The number of benzene rings is 1. The van der Waals surface area contributed by atoms with Crippen LogP contribution < -0.4 is 10.6 Å². The lowest BCUT2D eigenvalue weighted by Crippen LogP contribution is -2.20. The Morgan fingerprint density at radius 2 is 2.28 bits per heavy atom. The molecule has 0 spiro atoms. The van der Waals surface area contributed by atoms with Crippen molar-refractivity contribution in [1.82, 2.24) is 4.98 Å². The Kier molecular flexibility index (Phi) is 2.90. The van der Waals surface area contributed by atoms with Gasteiger partial charge in [0, 0.05) is 22.9 Å². The van der Waals surface area contributed by atoms with E-state index in [0.717, 1.165) is 45.8 Å². The Bertz CT molecular complexity index is 592. The van der Waals surface area contributed by atoms with Gasteiger partial charge in [0.25, 0.3) is 0 Å². The minimum absolute atomic E-state index is 0.736. The van der Waals surface area contributed by atoms with Gasteiger partial charge in [0.2, 0.25) is 0 Å². The third-order valence-electron chi connectivity index (χ3n) is 3.57. The van der Waals surface area contributed by atoms with E-state index >= 15 is 0 Å². The molecule has 2 heterocycles. The van der Waals surface area contributed by atoms with E-state index in [-0.39, 0.29) is 0 Å². The quantitative estimate of drug-likeness (QED) is 0.878. The van der Waals surface area contributed by atoms with E-state index in [0.29, 0.717) is 0 Å². The first-order chi connectivity index (χ1) is 8.65. The van der Waals surface area contributed by atoms with Crippen LogP contribution >= 0.6 is 15.9 Å². The number of hydrogen-bond acceptors (Lipinski definition) is 3. The minimum Gasteiger partial charge on any atom is -0.396 e. The molecule has 0 saturated carbocycles. The second-order valence-electron chi connectivity index (χ2n) is 5.06. The molecule has 0 radical (unpaired) electrons. The van der Waals surface area contributed by atoms with Gasteiger partial charge in [-0.2, -0.15) is 0 Å². The number of fused-ring (bicyclic) bond motifs is 1. The second-order valence-corrected chi connectivity index (χ2v) is 5.98. The number of hydrogen-bond donors (Lipinski definition) is 1. The standard InChI is InChI=1S/C14H16BrN3/c1-9-4-5-18(8-9)14-11-6-10(15)2-3-13(11)17-7-12(14)16/h2-3,6-7,9H,4-5,8,16H2,1H3. The number of halogens is 1. The van der Waals surface area contributed by atoms with Crippen molar-refractivity contribution in [3.05, 3.63) is 28.9 Å². The number of nitrogen functional groups attached to an aromatic ring is 1. The molecule has 0 amide bonds. The van der Waals surface area contributed by atoms with Crippen molar-refractivity contribution in [2.75, 3.05) is 23.7 Å². The molecule has 0 aliphatic carbocycles. The summed E-state index contributed by atoms with van der Waals surface area (Å²) in [4.78, 5) is 6.79. The fraction of sp³-hybridized carbons (Fsp3) is 0.357. The van der Waals surface area contributed by atoms with E-state index < -0.39 is 0 Å². The first-order valence-corrected chi connectivity index (χ1v) is 7.03. The van der Waals surface area contributed by atoms with Crippen LogP contribution in [0.5, 0.6) is 0 Å². The van der Waals surface area contributed by atoms with Gasteiger partial charge in [0.05, 0.1) is 23.1 Å². The summed E-state index contributed by atoms with van der Waals surface area (Å²) < 4.78 is 1.07. The van der Waals surface area contributed by atoms with Gasteiger partial charge in [-0.3, -0.25) is 4.98 Å². The van der Waals surface area contributed by atoms with E-state index in [1.165, 1.54) is 6.42 Å². The number of anilines is 2. The van der Waals surface area contributed by atoms with Crippen LogP contribution in [0.4, 0.5) is 11.4 Å². The Labute approximate surface area is 115 Å². The van der Waals surface area contributed by atoms with Crippen molar-refractivity contribution >= 4 is 38.2 Å². The summed E-state index contributed by atoms with van der Waals surface area (Å²) in [6, 6.07) is 6.15. The third kappa shape index (κ3) is 1.94. The van der Waals surface area contributed by atoms with Crippen molar-refractivity contribution in [3.8, 4) is 0 Å². The van der Waals surface area contributed by atoms with Crippen LogP contribution in [0.15, 0.2) is 28.9 Å². The smallest absolute Gasteiger partial charge is 0.0745 e. The molecule has 1 aliphatic heterocycles. The zero-order valence-corrected chi connectivity index (χ0v) is 11.9. The molecule has 1 aromatic carbocycles. The third-order valence-corrected chi connectivity index (χ3v) is 4.06. The summed E-state index contributed by atoms with van der Waals surface area (Å²) in [5, 5.41) is 1.14. The van der Waals surface area contributed by atoms with Crippen molar-refractivity contribution in [1.29, 1.82) is 0 Å². The molecule has 1 fully saturated rings. The molecule has 2 N–H and O–H groups in total. The van der Waals surface area contributed by atoms with Crippen LogP contribution in [0.1, 0.15) is 13.3 Å². The highest BCUT2D eigenvalue weighted by atomic mass is 79.9. The van der Waals surface area contributed by atoms with Crippen molar-refractivity contribution in [3.63, 3.8) is 0 Å². The number of rotatable bonds is 1. The highest BCUT2D eigenvalue weighted by molar-refractivity contribution is 9.10. The predicted molar refractivity (Wildman–Crippen MR) is 79.8 cm³/mol. The maximum absolute atomic E-state index is 6.14. The Balaban J connectivity index is 2.19. The van der Waals surface area contributed by atoms with Crippen LogP contribution in [-0.4, -0.2) is 18.1 Å². The Morgan fingerprint density at radius 3 is 3.00 bits per heavy atom. The summed E-state index contributed by atoms with van der Waals surface area (Å²) in [7, 11) is 0. The molecular formula is C14H16BrN3. The van der Waals surface area contributed by atoms with Gasteiger partial charge in [-0.25, -0.2) is 0 Å². The molecule has 3 nitrogen and oxygen atoms in total. The fourth-order valence-corrected chi connectivity index (χ4v) is 3.02. The van der Waals surface area contributed by atoms with Gasteiger partial charge >= 0.3 is 0 Å². The lowest BCUT2D eigenvalue weighted by atomic mass is 10.1. The first-order valence-electron chi connectivity index (χ1n) is 6.24. The van der Waals surface area contributed by atoms with Crippen molar-refractivity contribution in [2.45, 2.75) is 13.3 Å². The van der Waals surface area contributed by atoms with Crippen LogP contribution in [0, 0.1) is 5.92 Å². The summed E-state index contributed by atoms with van der Waals surface area (Å²) >= 11 is 3.52. The van der Waals surface area contributed by atoms with Crippen LogP contribution in [0.3, 0.4) is 0 Å². The number of aromatic nitrogens is 1. The Morgan fingerprint density at radius 1 is 1.44 bits per heavy atom. The fourth-order valence-electron chi connectivity index (χ4n) is 2.66. The average molecular weight is 306 g/mol. The zero-order valence-electron chi connectivity index (χ0n) is 10.4. The van der Waals surface area contributed by atoms with Gasteiger partial charge in [-0.15, -0.1) is 0 Å². The van der Waals surface area contributed by atoms with E-state index in [2.05, 4.69) is 38.8 Å². The average Bonchev–Trinajstić information content (AvgIpc) is 2.75. The highest BCUT2D eigenvalue weighted by Gasteiger charge is 2.22. The second kappa shape index (κ2) is 4.43. The minimum atomic E-state index is 0.736. The molecule has 3 rings (SSSR count). The van der Waals surface area contributed by atoms with Crippen LogP contribution in [0.2, 0.25) is 0 Å². The highest BCUT2D eigenvalue weighted by Crippen LogP contribution is 2.35. The number of nitrogens with two attached hydrogens (primary N) is 1. The van der Waals surface area contributed by atoms with Gasteiger partial charge in [-0.1, -0.05) is 22.9 Å². The topological polar surface area (TPSA) is 42.1 Å². The molecule has 0 bridgehead atoms. The van der Waals surface area contributed by atoms with E-state index in [1.54, 1.807) is 6.20 Å². The maximum Gasteiger partial charge on any atom is 0.0745 e. The molecule has 94 valence electrons. The molecule has 1 aliphatic rings. The maximum atomic E-state index is 6.14. The molecular weight excluding hydrogens is 290 g/mol. The SMILES string of the molecule is CC1CCN(c2c(N)cnc3ccc(Br)cc23)C1. The largest absolute Gasteiger partial charge is 0.396 e. The molecule has 1 atom stereocenters. The molecule has 4 heteroatoms. The lowest BCUT2D eigenvalue weighted by molar-refractivity contribution is 0.659. The molecule has 1 unspecified atom stereocenters. The lowest BCUT2D eigenvalue weighted by Gasteiger charge is -2.22. The van der Waals surface area contributed by atoms with Gasteiger partial charge in [-0.05, 0) is 30.5 Å². The van der Waals surface area contributed by atoms with Gasteiger partial charge < -0.3 is 10.6 Å². The molecule has 1 aromatic heterocycles. The molecule has 2 aromatic rings. The van der Waals surface area contributed by atoms with E-state index in [1.807, 2.05) is 12.1 Å². The zero-order chi connectivity index (χ0) is 12.7. The summed E-state index contributed by atoms with van der Waals surface area (Å²) in [6.07, 6.45) is 3.01. The normalized spacial score (nSPS) is 19.7. The Hall–Kier alpha value is -1.29. The van der Waals surface area contributed by atoms with Gasteiger partial charge in [0.15, 0.2) is 0 Å². The first kappa shape index (κ1) is 11.8. The molecule has 1 saturated heterocycles. The summed E-state index contributed by atoms with van der Waals surface area (Å²) in [5.74, 6) is 0.736. The molecule has 18 heavy (non-hydrogen) atoms. The number of pyridine rings is 1. The van der Waals surface area contributed by atoms with Gasteiger partial charge in [0.1, 0.15) is 0 Å². The van der Waals surface area contributed by atoms with Crippen LogP contribution in [-0.2, 0) is 0 Å². The number of nitrogens with zero attached hydrogens (tertiary/aromatic N) is 2. The monoisotopic (exact) mass is 305 g/mol. The van der Waals surface area contributed by atoms with E-state index in [4.69, 9.17) is 5.73 Å². The van der Waals surface area contributed by atoms with E-state index in [9.17, 15) is 0 Å². The predicted octanol–water partition coefficient (Wildman–Crippen LogP) is 3.43. The van der Waals surface area contributed by atoms with Crippen LogP contribution in [0.25, 0.3) is 10.9 Å². The summed E-state index contributed by atoms with van der Waals surface area (Å²) in [5.41, 5.74) is 9.06.